The zero-order chi connectivity index (χ0) is 24.7. The molecule has 1 rings (SSSR count). The number of nitrogens with one attached hydrogen (secondary N) is 1. The number of hydrogen-bond donors (Lipinski definition) is 1. The smallest absolute Gasteiger partial charge is 0.415 e. The molecule has 1 aromatic carbocycles. The predicted octanol–water partition coefficient (Wildman–Crippen LogP) is 6.24. The zero-order valence-corrected chi connectivity index (χ0v) is 19.8. The minimum atomic E-state index is -4.55. The minimum Gasteiger partial charge on any atom is -0.496 e. The molecule has 5 nitrogen and oxygen atoms in total. The Bertz CT molecular complexity index is 805. The number of methoxy groups -OCH3 is 2. The number of halogens is 4. The summed E-state index contributed by atoms with van der Waals surface area (Å²) in [7, 11) is 2.94. The summed E-state index contributed by atoms with van der Waals surface area (Å²) in [4.78, 5) is 12.7. The van der Waals surface area contributed by atoms with Crippen molar-refractivity contribution in [2.24, 2.45) is 0 Å². The first kappa shape index (κ1) is 29.7. The van der Waals surface area contributed by atoms with Crippen LogP contribution in [0.1, 0.15) is 43.1 Å². The molecule has 0 spiro atoms. The van der Waals surface area contributed by atoms with E-state index < -0.39 is 17.7 Å². The molecule has 0 aliphatic rings. The minimum absolute atomic E-state index is 0.118. The van der Waals surface area contributed by atoms with Crippen molar-refractivity contribution in [3.05, 3.63) is 64.4 Å². The monoisotopic (exact) mass is 477 g/mol. The standard InChI is InChI=1S/C20H23ClF3NO4.C3H8/c1-5-16(7-6-13(2)20(22,23)24)25-19(26)17-11-15(21)10-14(18(17)28-4)12-29-9-8-27-3;1-3-2/h5-7,10-11H,2,8-9,12H2,1,3-4H3,(H,25,26);3H2,1-2H3/b7-6-,16-5+;. The molecule has 0 atom stereocenters. The number of amides is 1. The molecule has 0 aliphatic heterocycles. The Labute approximate surface area is 192 Å². The fourth-order valence-corrected chi connectivity index (χ4v) is 2.43. The van der Waals surface area contributed by atoms with Crippen LogP contribution in [-0.2, 0) is 16.1 Å². The number of carbonyl (C=O) groups is 1. The predicted molar refractivity (Wildman–Crippen MR) is 121 cm³/mol. The van der Waals surface area contributed by atoms with Gasteiger partial charge in [0.2, 0.25) is 0 Å². The van der Waals surface area contributed by atoms with Crippen molar-refractivity contribution in [2.75, 3.05) is 27.4 Å². The highest BCUT2D eigenvalue weighted by Gasteiger charge is 2.29. The molecule has 0 unspecified atom stereocenters. The van der Waals surface area contributed by atoms with Gasteiger partial charge in [-0.05, 0) is 31.2 Å². The Hall–Kier alpha value is -2.29. The molecule has 0 aromatic heterocycles. The van der Waals surface area contributed by atoms with Crippen LogP contribution < -0.4 is 10.1 Å². The van der Waals surface area contributed by atoms with E-state index in [1.165, 1.54) is 25.7 Å². The summed E-state index contributed by atoms with van der Waals surface area (Å²) in [5.41, 5.74) is -0.223. The average molecular weight is 478 g/mol. The maximum atomic E-state index is 12.7. The summed E-state index contributed by atoms with van der Waals surface area (Å²) >= 11 is 6.11. The quantitative estimate of drug-likeness (QED) is 0.320. The van der Waals surface area contributed by atoms with Crippen LogP contribution in [0.5, 0.6) is 5.75 Å². The molecule has 0 saturated carbocycles. The van der Waals surface area contributed by atoms with Gasteiger partial charge in [0, 0.05) is 29.0 Å². The molecule has 1 aromatic rings. The first-order valence-corrected chi connectivity index (χ1v) is 10.3. The van der Waals surface area contributed by atoms with Crippen LogP contribution in [0.15, 0.2) is 48.2 Å². The van der Waals surface area contributed by atoms with Crippen LogP contribution in [0.2, 0.25) is 5.02 Å². The van der Waals surface area contributed by atoms with Gasteiger partial charge >= 0.3 is 6.18 Å². The van der Waals surface area contributed by atoms with Crippen LogP contribution >= 0.6 is 11.6 Å². The Balaban J connectivity index is 0.00000302. The van der Waals surface area contributed by atoms with E-state index in [0.29, 0.717) is 18.8 Å². The van der Waals surface area contributed by atoms with Gasteiger partial charge in [-0.2, -0.15) is 13.2 Å². The molecule has 180 valence electrons. The second kappa shape index (κ2) is 15.5. The largest absolute Gasteiger partial charge is 0.496 e. The maximum Gasteiger partial charge on any atom is 0.415 e. The van der Waals surface area contributed by atoms with Crippen molar-refractivity contribution in [1.82, 2.24) is 5.32 Å². The highest BCUT2D eigenvalue weighted by molar-refractivity contribution is 6.31. The Morgan fingerprint density at radius 2 is 1.81 bits per heavy atom. The van der Waals surface area contributed by atoms with Crippen molar-refractivity contribution in [2.45, 2.75) is 40.0 Å². The molecule has 0 heterocycles. The normalized spacial score (nSPS) is 11.7. The van der Waals surface area contributed by atoms with E-state index in [0.717, 1.165) is 12.2 Å². The lowest BCUT2D eigenvalue weighted by atomic mass is 10.1. The lowest BCUT2D eigenvalue weighted by molar-refractivity contribution is -0.0878. The van der Waals surface area contributed by atoms with Gasteiger partial charge in [0.05, 0.1) is 32.5 Å². The third-order valence-corrected chi connectivity index (χ3v) is 3.88. The van der Waals surface area contributed by atoms with E-state index >= 15 is 0 Å². The molecule has 0 saturated heterocycles. The van der Waals surface area contributed by atoms with Gasteiger partial charge in [0.15, 0.2) is 0 Å². The first-order valence-electron chi connectivity index (χ1n) is 9.90. The third kappa shape index (κ3) is 10.8. The lowest BCUT2D eigenvalue weighted by Gasteiger charge is -2.15. The number of ether oxygens (including phenoxy) is 3. The van der Waals surface area contributed by atoms with Gasteiger partial charge in [-0.1, -0.05) is 44.5 Å². The van der Waals surface area contributed by atoms with Crippen LogP contribution in [0.4, 0.5) is 13.2 Å². The van der Waals surface area contributed by atoms with Crippen molar-refractivity contribution in [3.8, 4) is 5.75 Å². The lowest BCUT2D eigenvalue weighted by Crippen LogP contribution is -2.23. The molecule has 9 heteroatoms. The average Bonchev–Trinajstić information content (AvgIpc) is 2.73. The highest BCUT2D eigenvalue weighted by Crippen LogP contribution is 2.29. The molecule has 0 fully saturated rings. The summed E-state index contributed by atoms with van der Waals surface area (Å²) in [5, 5.41) is 2.80. The second-order valence-electron chi connectivity index (χ2n) is 6.45. The van der Waals surface area contributed by atoms with Gasteiger partial charge < -0.3 is 19.5 Å². The number of benzene rings is 1. The van der Waals surface area contributed by atoms with Gasteiger partial charge in [0.1, 0.15) is 5.75 Å². The number of carbonyl (C=O) groups excluding carboxylic acids is 1. The third-order valence-electron chi connectivity index (χ3n) is 3.67. The Kier molecular flexibility index (Phi) is 14.4. The van der Waals surface area contributed by atoms with Gasteiger partial charge in [-0.3, -0.25) is 4.79 Å². The summed E-state index contributed by atoms with van der Waals surface area (Å²) in [6.45, 7) is 9.64. The van der Waals surface area contributed by atoms with E-state index in [4.69, 9.17) is 25.8 Å². The molecule has 32 heavy (non-hydrogen) atoms. The summed E-state index contributed by atoms with van der Waals surface area (Å²) in [6.07, 6.45) is 0.0382. The van der Waals surface area contributed by atoms with Gasteiger partial charge in [-0.15, -0.1) is 0 Å². The molecule has 1 amide bonds. The summed E-state index contributed by atoms with van der Waals surface area (Å²) < 4.78 is 53.4. The number of rotatable bonds is 10. The number of hydrogen-bond acceptors (Lipinski definition) is 4. The van der Waals surface area contributed by atoms with E-state index in [9.17, 15) is 18.0 Å². The van der Waals surface area contributed by atoms with E-state index in [-0.39, 0.29) is 28.6 Å². The Morgan fingerprint density at radius 3 is 2.31 bits per heavy atom. The molecule has 0 aliphatic carbocycles. The first-order chi connectivity index (χ1) is 15.0. The van der Waals surface area contributed by atoms with Crippen LogP contribution in [0, 0.1) is 0 Å². The topological polar surface area (TPSA) is 56.8 Å². The molecule has 0 radical (unpaired) electrons. The SMILES string of the molecule is C=C(/C=C\C(=C/C)NC(=O)c1cc(Cl)cc(COCCOC)c1OC)C(F)(F)F.CCC. The van der Waals surface area contributed by atoms with E-state index in [2.05, 4.69) is 25.7 Å². The number of alkyl halides is 3. The van der Waals surface area contributed by atoms with Crippen LogP contribution in [-0.4, -0.2) is 39.5 Å². The molecular formula is C23H31ClF3NO4. The van der Waals surface area contributed by atoms with Crippen LogP contribution in [0.3, 0.4) is 0 Å². The van der Waals surface area contributed by atoms with Gasteiger partial charge in [-0.25, -0.2) is 0 Å². The fourth-order valence-electron chi connectivity index (χ4n) is 2.18. The van der Waals surface area contributed by atoms with Gasteiger partial charge in [0.25, 0.3) is 5.91 Å². The zero-order valence-electron chi connectivity index (χ0n) is 19.1. The molecular weight excluding hydrogens is 447 g/mol. The van der Waals surface area contributed by atoms with Crippen molar-refractivity contribution >= 4 is 17.5 Å². The van der Waals surface area contributed by atoms with Crippen LogP contribution in [0.25, 0.3) is 0 Å². The maximum absolute atomic E-state index is 12.7. The number of allylic oxidation sites excluding steroid dienone is 4. The highest BCUT2D eigenvalue weighted by atomic mass is 35.5. The Morgan fingerprint density at radius 1 is 1.19 bits per heavy atom. The summed E-state index contributed by atoms with van der Waals surface area (Å²) in [5.74, 6) is -0.346. The van der Waals surface area contributed by atoms with Crippen molar-refractivity contribution in [3.63, 3.8) is 0 Å². The second-order valence-corrected chi connectivity index (χ2v) is 6.89. The van der Waals surface area contributed by atoms with E-state index in [1.807, 2.05) is 0 Å². The van der Waals surface area contributed by atoms with Crippen molar-refractivity contribution < 1.29 is 32.2 Å². The molecule has 0 bridgehead atoms. The summed E-state index contributed by atoms with van der Waals surface area (Å²) in [6, 6.07) is 3.01. The van der Waals surface area contributed by atoms with Crippen molar-refractivity contribution in [1.29, 1.82) is 0 Å². The fraction of sp³-hybridized carbons (Fsp3) is 0.435. The molecule has 1 N–H and O–H groups in total. The van der Waals surface area contributed by atoms with E-state index in [1.54, 1.807) is 20.1 Å².